The molecule has 1 atom stereocenters. The molecular weight excluding hydrogens is 296 g/mol. The van der Waals surface area contributed by atoms with Crippen molar-refractivity contribution >= 4 is 39.7 Å². The Hall–Kier alpha value is -1.85. The van der Waals surface area contributed by atoms with Crippen molar-refractivity contribution in [1.82, 2.24) is 0 Å². The molecule has 0 saturated heterocycles. The zero-order chi connectivity index (χ0) is 14.5. The lowest BCUT2D eigenvalue weighted by atomic mass is 10.3. The van der Waals surface area contributed by atoms with Gasteiger partial charge >= 0.3 is 0 Å². The van der Waals surface area contributed by atoms with Crippen molar-refractivity contribution < 1.29 is 9.00 Å². The van der Waals surface area contributed by atoms with Crippen LogP contribution in [0.4, 0.5) is 11.4 Å². The number of anilines is 2. The minimum atomic E-state index is -1.40. The summed E-state index contributed by atoms with van der Waals surface area (Å²) in [5, 5.41) is 3.23. The second kappa shape index (κ2) is 6.54. The van der Waals surface area contributed by atoms with Crippen LogP contribution in [-0.2, 0) is 15.6 Å². The van der Waals surface area contributed by atoms with Crippen molar-refractivity contribution in [3.05, 3.63) is 53.6 Å². The topological polar surface area (TPSA) is 72.2 Å². The van der Waals surface area contributed by atoms with Crippen molar-refractivity contribution in [3.8, 4) is 0 Å². The van der Waals surface area contributed by atoms with Crippen molar-refractivity contribution in [1.29, 1.82) is 0 Å². The molecule has 1 amide bonds. The average Bonchev–Trinajstić information content (AvgIpc) is 2.42. The minimum absolute atomic E-state index is 0.105. The third-order valence-electron chi connectivity index (χ3n) is 2.53. The van der Waals surface area contributed by atoms with Gasteiger partial charge in [0.1, 0.15) is 5.75 Å². The van der Waals surface area contributed by atoms with Gasteiger partial charge in [0.15, 0.2) is 0 Å². The molecule has 0 saturated carbocycles. The van der Waals surface area contributed by atoms with E-state index >= 15 is 0 Å². The van der Waals surface area contributed by atoms with Crippen molar-refractivity contribution in [2.45, 2.75) is 4.90 Å². The van der Waals surface area contributed by atoms with Crippen LogP contribution in [0.2, 0.25) is 5.02 Å². The SMILES string of the molecule is Nc1ccc(NC(=O)CS(=O)c2ccc(Cl)cc2)cc1. The van der Waals surface area contributed by atoms with Crippen molar-refractivity contribution in [3.63, 3.8) is 0 Å². The lowest BCUT2D eigenvalue weighted by Crippen LogP contribution is -2.19. The molecule has 0 aliphatic rings. The van der Waals surface area contributed by atoms with Crippen LogP contribution in [0, 0.1) is 0 Å². The van der Waals surface area contributed by atoms with Crippen molar-refractivity contribution in [2.24, 2.45) is 0 Å². The van der Waals surface area contributed by atoms with Crippen LogP contribution < -0.4 is 11.1 Å². The smallest absolute Gasteiger partial charge is 0.237 e. The predicted octanol–water partition coefficient (Wildman–Crippen LogP) is 2.67. The van der Waals surface area contributed by atoms with Gasteiger partial charge in [0.25, 0.3) is 0 Å². The maximum Gasteiger partial charge on any atom is 0.237 e. The Labute approximate surface area is 124 Å². The van der Waals surface area contributed by atoms with E-state index in [0.29, 0.717) is 21.3 Å². The highest BCUT2D eigenvalue weighted by Crippen LogP contribution is 2.14. The van der Waals surface area contributed by atoms with E-state index in [1.807, 2.05) is 0 Å². The Morgan fingerprint density at radius 3 is 2.30 bits per heavy atom. The molecule has 0 bridgehead atoms. The minimum Gasteiger partial charge on any atom is -0.399 e. The summed E-state index contributed by atoms with van der Waals surface area (Å²) in [6.07, 6.45) is 0. The van der Waals surface area contributed by atoms with Gasteiger partial charge in [-0.15, -0.1) is 0 Å². The van der Waals surface area contributed by atoms with Gasteiger partial charge in [-0.25, -0.2) is 0 Å². The Bertz CT molecular complexity index is 627. The lowest BCUT2D eigenvalue weighted by Gasteiger charge is -2.06. The van der Waals surface area contributed by atoms with Gasteiger partial charge in [-0.05, 0) is 48.5 Å². The number of nitrogen functional groups attached to an aromatic ring is 1. The fourth-order valence-corrected chi connectivity index (χ4v) is 2.59. The molecule has 0 heterocycles. The third kappa shape index (κ3) is 4.08. The first-order valence-electron chi connectivity index (χ1n) is 5.84. The summed E-state index contributed by atoms with van der Waals surface area (Å²) < 4.78 is 12.0. The Kier molecular flexibility index (Phi) is 4.76. The summed E-state index contributed by atoms with van der Waals surface area (Å²) in [5.74, 6) is -0.422. The van der Waals surface area contributed by atoms with Crippen LogP contribution in [0.3, 0.4) is 0 Å². The number of amides is 1. The number of rotatable bonds is 4. The fraction of sp³-hybridized carbons (Fsp3) is 0.0714. The first kappa shape index (κ1) is 14.6. The quantitative estimate of drug-likeness (QED) is 0.853. The second-order valence-corrected chi connectivity index (χ2v) is 6.00. The Balaban J connectivity index is 1.95. The van der Waals surface area contributed by atoms with Crippen LogP contribution in [0.15, 0.2) is 53.4 Å². The van der Waals surface area contributed by atoms with E-state index in [-0.39, 0.29) is 11.7 Å². The molecule has 0 aromatic heterocycles. The molecule has 0 spiro atoms. The van der Waals surface area contributed by atoms with Crippen LogP contribution in [0.25, 0.3) is 0 Å². The molecule has 6 heteroatoms. The molecule has 0 radical (unpaired) electrons. The highest BCUT2D eigenvalue weighted by atomic mass is 35.5. The molecular formula is C14H13ClN2O2S. The summed E-state index contributed by atoms with van der Waals surface area (Å²) in [7, 11) is -1.40. The van der Waals surface area contributed by atoms with Crippen LogP contribution in [0.5, 0.6) is 0 Å². The monoisotopic (exact) mass is 308 g/mol. The first-order chi connectivity index (χ1) is 9.54. The van der Waals surface area contributed by atoms with E-state index in [2.05, 4.69) is 5.32 Å². The maximum absolute atomic E-state index is 12.0. The van der Waals surface area contributed by atoms with E-state index in [9.17, 15) is 9.00 Å². The predicted molar refractivity (Wildman–Crippen MR) is 82.2 cm³/mol. The number of halogens is 1. The van der Waals surface area contributed by atoms with Gasteiger partial charge in [0.2, 0.25) is 5.91 Å². The van der Waals surface area contributed by atoms with Crippen molar-refractivity contribution in [2.75, 3.05) is 16.8 Å². The third-order valence-corrected chi connectivity index (χ3v) is 4.11. The maximum atomic E-state index is 12.0. The zero-order valence-corrected chi connectivity index (χ0v) is 12.1. The number of carbonyl (C=O) groups is 1. The molecule has 0 fully saturated rings. The molecule has 2 aromatic carbocycles. The summed E-state index contributed by atoms with van der Waals surface area (Å²) in [6.45, 7) is 0. The first-order valence-corrected chi connectivity index (χ1v) is 7.53. The molecule has 0 aliphatic carbocycles. The van der Waals surface area contributed by atoms with Crippen LogP contribution in [0.1, 0.15) is 0 Å². The lowest BCUT2D eigenvalue weighted by molar-refractivity contribution is -0.113. The van der Waals surface area contributed by atoms with Gasteiger partial charge in [0, 0.05) is 21.3 Å². The summed E-state index contributed by atoms with van der Waals surface area (Å²) in [4.78, 5) is 12.4. The summed E-state index contributed by atoms with van der Waals surface area (Å²) in [6, 6.07) is 13.3. The van der Waals surface area contributed by atoms with Crippen LogP contribution >= 0.6 is 11.6 Å². The van der Waals surface area contributed by atoms with E-state index in [1.165, 1.54) is 0 Å². The van der Waals surface area contributed by atoms with Crippen LogP contribution in [-0.4, -0.2) is 15.9 Å². The number of nitrogens with one attached hydrogen (secondary N) is 1. The molecule has 4 nitrogen and oxygen atoms in total. The average molecular weight is 309 g/mol. The normalized spacial score (nSPS) is 11.8. The standard InChI is InChI=1S/C14H13ClN2O2S/c15-10-1-7-13(8-2-10)20(19)9-14(18)17-12-5-3-11(16)4-6-12/h1-8H,9,16H2,(H,17,18). The molecule has 3 N–H and O–H groups in total. The van der Waals surface area contributed by atoms with E-state index in [0.717, 1.165) is 0 Å². The van der Waals surface area contributed by atoms with Gasteiger partial charge in [-0.2, -0.15) is 0 Å². The molecule has 20 heavy (non-hydrogen) atoms. The van der Waals surface area contributed by atoms with Gasteiger partial charge in [0.05, 0.1) is 10.8 Å². The molecule has 2 aromatic rings. The molecule has 2 rings (SSSR count). The number of nitrogens with two attached hydrogens (primary N) is 1. The summed E-state index contributed by atoms with van der Waals surface area (Å²) in [5.41, 5.74) is 6.80. The zero-order valence-electron chi connectivity index (χ0n) is 10.5. The largest absolute Gasteiger partial charge is 0.399 e. The summed E-state index contributed by atoms with van der Waals surface area (Å²) >= 11 is 5.75. The fourth-order valence-electron chi connectivity index (χ4n) is 1.55. The number of benzene rings is 2. The van der Waals surface area contributed by atoms with Gasteiger partial charge in [-0.1, -0.05) is 11.6 Å². The van der Waals surface area contributed by atoms with E-state index in [1.54, 1.807) is 48.5 Å². The van der Waals surface area contributed by atoms with Gasteiger partial charge in [-0.3, -0.25) is 9.00 Å². The van der Waals surface area contributed by atoms with E-state index in [4.69, 9.17) is 17.3 Å². The number of hydrogen-bond acceptors (Lipinski definition) is 3. The Morgan fingerprint density at radius 2 is 1.70 bits per heavy atom. The second-order valence-electron chi connectivity index (χ2n) is 4.11. The van der Waals surface area contributed by atoms with Gasteiger partial charge < -0.3 is 11.1 Å². The highest BCUT2D eigenvalue weighted by Gasteiger charge is 2.10. The molecule has 1 unspecified atom stereocenters. The number of hydrogen-bond donors (Lipinski definition) is 2. The molecule has 104 valence electrons. The van der Waals surface area contributed by atoms with E-state index < -0.39 is 10.8 Å². The Morgan fingerprint density at radius 1 is 1.10 bits per heavy atom. The molecule has 0 aliphatic heterocycles. The highest BCUT2D eigenvalue weighted by molar-refractivity contribution is 7.85. The number of carbonyl (C=O) groups excluding carboxylic acids is 1.